The summed E-state index contributed by atoms with van der Waals surface area (Å²) in [6.45, 7) is 5.06. The second-order valence-electron chi connectivity index (χ2n) is 7.04. The van der Waals surface area contributed by atoms with Crippen LogP contribution >= 0.6 is 0 Å². The van der Waals surface area contributed by atoms with Gasteiger partial charge in [0, 0.05) is 38.1 Å². The smallest absolute Gasteiger partial charge is 0.236 e. The van der Waals surface area contributed by atoms with Crippen LogP contribution < -0.4 is 5.32 Å². The number of halogens is 1. The summed E-state index contributed by atoms with van der Waals surface area (Å²) in [5.74, 6) is -0.361. The highest BCUT2D eigenvalue weighted by atomic mass is 19.1. The van der Waals surface area contributed by atoms with Gasteiger partial charge in [0.2, 0.25) is 11.8 Å². The molecule has 3 rings (SSSR count). The van der Waals surface area contributed by atoms with Gasteiger partial charge in [-0.1, -0.05) is 25.1 Å². The molecular formula is C19H26FN3O2. The van der Waals surface area contributed by atoms with Gasteiger partial charge in [0.1, 0.15) is 5.82 Å². The number of hydrogen-bond donors (Lipinski definition) is 1. The normalized spacial score (nSPS) is 22.8. The first-order valence-electron chi connectivity index (χ1n) is 9.08. The van der Waals surface area contributed by atoms with Crippen molar-refractivity contribution in [2.24, 2.45) is 5.92 Å². The van der Waals surface area contributed by atoms with Crippen LogP contribution in [0.2, 0.25) is 0 Å². The van der Waals surface area contributed by atoms with Gasteiger partial charge in [-0.25, -0.2) is 4.39 Å². The molecule has 0 bridgehead atoms. The molecule has 0 spiro atoms. The first kappa shape index (κ1) is 17.9. The Hall–Kier alpha value is -1.95. The molecule has 1 aromatic carbocycles. The molecule has 2 fully saturated rings. The van der Waals surface area contributed by atoms with E-state index in [0.29, 0.717) is 31.6 Å². The van der Waals surface area contributed by atoms with E-state index in [1.807, 2.05) is 16.7 Å². The molecule has 25 heavy (non-hydrogen) atoms. The number of hydrogen-bond acceptors (Lipinski definition) is 3. The number of likely N-dealkylation sites (tertiary alicyclic amines) is 1. The molecule has 2 heterocycles. The number of nitrogens with one attached hydrogen (secondary N) is 1. The van der Waals surface area contributed by atoms with E-state index in [9.17, 15) is 14.0 Å². The highest BCUT2D eigenvalue weighted by Gasteiger charge is 2.32. The second kappa shape index (κ2) is 7.95. The lowest BCUT2D eigenvalue weighted by atomic mass is 9.96. The quantitative estimate of drug-likeness (QED) is 0.896. The van der Waals surface area contributed by atoms with Crippen LogP contribution in [0, 0.1) is 11.7 Å². The number of amides is 2. The average molecular weight is 347 g/mol. The molecule has 6 heteroatoms. The van der Waals surface area contributed by atoms with Gasteiger partial charge in [0.15, 0.2) is 0 Å². The zero-order valence-corrected chi connectivity index (χ0v) is 14.7. The number of carbonyl (C=O) groups excluding carboxylic acids is 2. The Kier molecular flexibility index (Phi) is 5.68. The van der Waals surface area contributed by atoms with E-state index in [1.54, 1.807) is 18.2 Å². The van der Waals surface area contributed by atoms with Crippen molar-refractivity contribution in [2.75, 3.05) is 32.7 Å². The monoisotopic (exact) mass is 347 g/mol. The van der Waals surface area contributed by atoms with Crippen molar-refractivity contribution in [3.8, 4) is 0 Å². The Balaban J connectivity index is 1.61. The molecule has 0 saturated carbocycles. The molecule has 5 nitrogen and oxygen atoms in total. The largest absolute Gasteiger partial charge is 0.340 e. The lowest BCUT2D eigenvalue weighted by molar-refractivity contribution is -0.142. The average Bonchev–Trinajstić information content (AvgIpc) is 2.63. The highest BCUT2D eigenvalue weighted by Crippen LogP contribution is 2.21. The summed E-state index contributed by atoms with van der Waals surface area (Å²) in [6.07, 6.45) is 2.25. The SMILES string of the molecule is C[C@H](Cc1ccccc1F)C(=O)N1CCC[C@@H](N2CCNCC2=O)C1. The number of piperazine rings is 1. The second-order valence-corrected chi connectivity index (χ2v) is 7.04. The maximum Gasteiger partial charge on any atom is 0.236 e. The van der Waals surface area contributed by atoms with Crippen LogP contribution in [0.5, 0.6) is 0 Å². The summed E-state index contributed by atoms with van der Waals surface area (Å²) < 4.78 is 13.8. The Morgan fingerprint density at radius 1 is 1.36 bits per heavy atom. The number of benzene rings is 1. The van der Waals surface area contributed by atoms with Gasteiger partial charge in [0.25, 0.3) is 0 Å². The van der Waals surface area contributed by atoms with Crippen molar-refractivity contribution in [3.05, 3.63) is 35.6 Å². The van der Waals surface area contributed by atoms with Crippen LogP contribution in [0.3, 0.4) is 0 Å². The molecule has 2 atom stereocenters. The molecule has 2 saturated heterocycles. The summed E-state index contributed by atoms with van der Waals surface area (Å²) in [4.78, 5) is 28.7. The lowest BCUT2D eigenvalue weighted by Gasteiger charge is -2.41. The van der Waals surface area contributed by atoms with Crippen molar-refractivity contribution in [1.82, 2.24) is 15.1 Å². The third-order valence-electron chi connectivity index (χ3n) is 5.18. The Morgan fingerprint density at radius 3 is 2.92 bits per heavy atom. The maximum absolute atomic E-state index is 13.8. The van der Waals surface area contributed by atoms with Gasteiger partial charge in [-0.2, -0.15) is 0 Å². The summed E-state index contributed by atoms with van der Waals surface area (Å²) in [7, 11) is 0. The number of carbonyl (C=O) groups is 2. The lowest BCUT2D eigenvalue weighted by Crippen LogP contribution is -2.58. The van der Waals surface area contributed by atoms with Crippen LogP contribution in [-0.2, 0) is 16.0 Å². The molecule has 136 valence electrons. The van der Waals surface area contributed by atoms with Crippen LogP contribution in [0.1, 0.15) is 25.3 Å². The fourth-order valence-electron chi connectivity index (χ4n) is 3.81. The van der Waals surface area contributed by atoms with E-state index in [-0.39, 0.29) is 29.6 Å². The Bertz CT molecular complexity index is 637. The summed E-state index contributed by atoms with van der Waals surface area (Å²) >= 11 is 0. The van der Waals surface area contributed by atoms with Crippen LogP contribution in [-0.4, -0.2) is 60.4 Å². The number of piperidine rings is 1. The van der Waals surface area contributed by atoms with Crippen molar-refractivity contribution in [3.63, 3.8) is 0 Å². The van der Waals surface area contributed by atoms with Crippen molar-refractivity contribution in [1.29, 1.82) is 0 Å². The minimum absolute atomic E-state index is 0.0514. The van der Waals surface area contributed by atoms with Gasteiger partial charge < -0.3 is 15.1 Å². The van der Waals surface area contributed by atoms with Crippen molar-refractivity contribution >= 4 is 11.8 Å². The molecular weight excluding hydrogens is 321 g/mol. The predicted molar refractivity (Wildman–Crippen MR) is 93.5 cm³/mol. The van der Waals surface area contributed by atoms with Gasteiger partial charge in [-0.15, -0.1) is 0 Å². The van der Waals surface area contributed by atoms with Crippen LogP contribution in [0.15, 0.2) is 24.3 Å². The van der Waals surface area contributed by atoms with Gasteiger partial charge >= 0.3 is 0 Å². The van der Waals surface area contributed by atoms with Crippen molar-refractivity contribution in [2.45, 2.75) is 32.2 Å². The molecule has 0 radical (unpaired) electrons. The Labute approximate surface area is 148 Å². The zero-order chi connectivity index (χ0) is 17.8. The van der Waals surface area contributed by atoms with E-state index in [4.69, 9.17) is 0 Å². The molecule has 0 unspecified atom stereocenters. The van der Waals surface area contributed by atoms with E-state index in [1.165, 1.54) is 6.07 Å². The maximum atomic E-state index is 13.8. The third-order valence-corrected chi connectivity index (χ3v) is 5.18. The van der Waals surface area contributed by atoms with Gasteiger partial charge in [0.05, 0.1) is 6.54 Å². The highest BCUT2D eigenvalue weighted by molar-refractivity contribution is 5.80. The molecule has 2 aliphatic rings. The number of rotatable bonds is 4. The van der Waals surface area contributed by atoms with Crippen LogP contribution in [0.4, 0.5) is 4.39 Å². The Morgan fingerprint density at radius 2 is 2.16 bits per heavy atom. The van der Waals surface area contributed by atoms with E-state index >= 15 is 0 Å². The van der Waals surface area contributed by atoms with Gasteiger partial charge in [-0.05, 0) is 30.9 Å². The van der Waals surface area contributed by atoms with Gasteiger partial charge in [-0.3, -0.25) is 9.59 Å². The molecule has 2 amide bonds. The van der Waals surface area contributed by atoms with E-state index in [0.717, 1.165) is 25.9 Å². The molecule has 2 aliphatic heterocycles. The first-order chi connectivity index (χ1) is 12.1. The fourth-order valence-corrected chi connectivity index (χ4v) is 3.81. The first-order valence-corrected chi connectivity index (χ1v) is 9.08. The minimum Gasteiger partial charge on any atom is -0.340 e. The number of nitrogens with zero attached hydrogens (tertiary/aromatic N) is 2. The summed E-state index contributed by atoms with van der Waals surface area (Å²) in [5.41, 5.74) is 0.578. The minimum atomic E-state index is -0.269. The molecule has 0 aromatic heterocycles. The molecule has 1 N–H and O–H groups in total. The fraction of sp³-hybridized carbons (Fsp3) is 0.579. The van der Waals surface area contributed by atoms with E-state index in [2.05, 4.69) is 5.32 Å². The predicted octanol–water partition coefficient (Wildman–Crippen LogP) is 1.43. The summed E-state index contributed by atoms with van der Waals surface area (Å²) in [6, 6.07) is 6.72. The standard InChI is InChI=1S/C19H26FN3O2/c1-14(11-15-5-2-3-7-17(15)20)19(25)22-9-4-6-16(13-22)23-10-8-21-12-18(23)24/h2-3,5,7,14,16,21H,4,6,8-13H2,1H3/t14-,16-/m1/s1. The molecule has 0 aliphatic carbocycles. The van der Waals surface area contributed by atoms with Crippen molar-refractivity contribution < 1.29 is 14.0 Å². The zero-order valence-electron chi connectivity index (χ0n) is 14.7. The third kappa shape index (κ3) is 4.18. The topological polar surface area (TPSA) is 52.7 Å². The molecule has 1 aromatic rings. The van der Waals surface area contributed by atoms with Crippen LogP contribution in [0.25, 0.3) is 0 Å². The van der Waals surface area contributed by atoms with E-state index < -0.39 is 0 Å². The summed E-state index contributed by atoms with van der Waals surface area (Å²) in [5, 5.41) is 3.08.